The summed E-state index contributed by atoms with van der Waals surface area (Å²) in [5, 5.41) is 14.3. The van der Waals surface area contributed by atoms with Crippen molar-refractivity contribution in [2.45, 2.75) is 25.3 Å². The fourth-order valence-corrected chi connectivity index (χ4v) is 2.03. The Labute approximate surface area is 134 Å². The fourth-order valence-electron chi connectivity index (χ4n) is 2.03. The first-order chi connectivity index (χ1) is 11.0. The highest BCUT2D eigenvalue weighted by atomic mass is 16.5. The zero-order valence-electron chi connectivity index (χ0n) is 12.9. The average Bonchev–Trinajstić information content (AvgIpc) is 3.36. The number of ether oxygens (including phenoxy) is 1. The first-order valence-corrected chi connectivity index (χ1v) is 7.45. The van der Waals surface area contributed by atoms with E-state index >= 15 is 0 Å². The molecule has 1 aliphatic rings. The molecule has 3 N–H and O–H groups in total. The molecular weight excluding hydrogens is 300 g/mol. The lowest BCUT2D eigenvalue weighted by atomic mass is 10.1. The molecule has 2 amide bonds. The lowest BCUT2D eigenvalue weighted by Gasteiger charge is -2.14. The second-order valence-corrected chi connectivity index (χ2v) is 5.49. The fraction of sp³-hybridized carbons (Fsp3) is 0.438. The number of amides is 2. The second kappa shape index (κ2) is 7.73. The van der Waals surface area contributed by atoms with Gasteiger partial charge in [0, 0.05) is 37.3 Å². The standard InChI is InChI=1S/C16H20N2O5/c1-23-9-8-13(16(21)22)18-15(20)11-4-6-12(7-5-11)17-14(19)10-2-3-10/h4-7,10,13H,2-3,8-9H2,1H3,(H,17,19)(H,18,20)(H,21,22). The third kappa shape index (κ3) is 5.07. The molecule has 7 heteroatoms. The molecule has 0 saturated heterocycles. The van der Waals surface area contributed by atoms with Crippen LogP contribution in [0, 0.1) is 5.92 Å². The number of methoxy groups -OCH3 is 1. The minimum atomic E-state index is -1.11. The van der Waals surface area contributed by atoms with Crippen molar-refractivity contribution >= 4 is 23.5 Å². The zero-order valence-corrected chi connectivity index (χ0v) is 12.9. The topological polar surface area (TPSA) is 105 Å². The molecule has 0 radical (unpaired) electrons. The molecule has 0 spiro atoms. The molecule has 2 rings (SSSR count). The van der Waals surface area contributed by atoms with E-state index in [9.17, 15) is 14.4 Å². The van der Waals surface area contributed by atoms with Crippen molar-refractivity contribution in [1.29, 1.82) is 0 Å². The summed E-state index contributed by atoms with van der Waals surface area (Å²) in [6.45, 7) is 0.239. The van der Waals surface area contributed by atoms with Crippen LogP contribution in [0.2, 0.25) is 0 Å². The number of hydrogen-bond acceptors (Lipinski definition) is 4. The van der Waals surface area contributed by atoms with Gasteiger partial charge in [-0.15, -0.1) is 0 Å². The van der Waals surface area contributed by atoms with Crippen molar-refractivity contribution in [3.05, 3.63) is 29.8 Å². The summed E-state index contributed by atoms with van der Waals surface area (Å²) in [5.41, 5.74) is 0.950. The highest BCUT2D eigenvalue weighted by Crippen LogP contribution is 2.30. The molecule has 23 heavy (non-hydrogen) atoms. The summed E-state index contributed by atoms with van der Waals surface area (Å²) < 4.78 is 4.83. The summed E-state index contributed by atoms with van der Waals surface area (Å²) in [6, 6.07) is 5.34. The minimum absolute atomic E-state index is 0.00675. The summed E-state index contributed by atoms with van der Waals surface area (Å²) in [4.78, 5) is 34.8. The van der Waals surface area contributed by atoms with Crippen molar-refractivity contribution in [2.75, 3.05) is 19.0 Å². The van der Waals surface area contributed by atoms with Gasteiger partial charge in [-0.1, -0.05) is 0 Å². The molecule has 1 aromatic carbocycles. The van der Waals surface area contributed by atoms with E-state index in [0.717, 1.165) is 12.8 Å². The zero-order chi connectivity index (χ0) is 16.8. The van der Waals surface area contributed by atoms with Gasteiger partial charge < -0.3 is 20.5 Å². The third-order valence-electron chi connectivity index (χ3n) is 3.58. The number of aliphatic carboxylic acids is 1. The molecule has 1 aliphatic carbocycles. The minimum Gasteiger partial charge on any atom is -0.480 e. The predicted molar refractivity (Wildman–Crippen MR) is 83.2 cm³/mol. The van der Waals surface area contributed by atoms with Crippen molar-refractivity contribution in [3.8, 4) is 0 Å². The van der Waals surface area contributed by atoms with Gasteiger partial charge in [-0.3, -0.25) is 9.59 Å². The third-order valence-corrected chi connectivity index (χ3v) is 3.58. The van der Waals surface area contributed by atoms with E-state index in [4.69, 9.17) is 9.84 Å². The van der Waals surface area contributed by atoms with Crippen molar-refractivity contribution in [1.82, 2.24) is 5.32 Å². The van der Waals surface area contributed by atoms with Crippen LogP contribution in [0.4, 0.5) is 5.69 Å². The molecule has 1 atom stereocenters. The van der Waals surface area contributed by atoms with Gasteiger partial charge in [0.1, 0.15) is 6.04 Å². The predicted octanol–water partition coefficient (Wildman–Crippen LogP) is 1.25. The van der Waals surface area contributed by atoms with Gasteiger partial charge >= 0.3 is 5.97 Å². The summed E-state index contributed by atoms with van der Waals surface area (Å²) >= 11 is 0. The molecule has 0 heterocycles. The van der Waals surface area contributed by atoms with Crippen molar-refractivity contribution in [3.63, 3.8) is 0 Å². The maximum absolute atomic E-state index is 12.1. The largest absolute Gasteiger partial charge is 0.480 e. The highest BCUT2D eigenvalue weighted by Gasteiger charge is 2.29. The highest BCUT2D eigenvalue weighted by molar-refractivity contribution is 5.98. The first kappa shape index (κ1) is 17.0. The van der Waals surface area contributed by atoms with Crippen LogP contribution in [0.25, 0.3) is 0 Å². The van der Waals surface area contributed by atoms with Crippen LogP contribution in [0.3, 0.4) is 0 Å². The SMILES string of the molecule is COCCC(NC(=O)c1ccc(NC(=O)C2CC2)cc1)C(=O)O. The van der Waals surface area contributed by atoms with Gasteiger partial charge in [-0.2, -0.15) is 0 Å². The Morgan fingerprint density at radius 2 is 1.91 bits per heavy atom. The Hall–Kier alpha value is -2.41. The van der Waals surface area contributed by atoms with E-state index < -0.39 is 17.9 Å². The van der Waals surface area contributed by atoms with Gasteiger partial charge in [0.2, 0.25) is 5.91 Å². The number of nitrogens with one attached hydrogen (secondary N) is 2. The summed E-state index contributed by atoms with van der Waals surface area (Å²) in [6.07, 6.45) is 2.03. The van der Waals surface area contributed by atoms with Crippen LogP contribution < -0.4 is 10.6 Å². The smallest absolute Gasteiger partial charge is 0.326 e. The number of anilines is 1. The lowest BCUT2D eigenvalue weighted by Crippen LogP contribution is -2.41. The molecule has 0 aliphatic heterocycles. The van der Waals surface area contributed by atoms with Crippen LogP contribution in [0.1, 0.15) is 29.6 Å². The van der Waals surface area contributed by atoms with Crippen LogP contribution in [-0.2, 0) is 14.3 Å². The van der Waals surface area contributed by atoms with Gasteiger partial charge in [0.25, 0.3) is 5.91 Å². The number of carbonyl (C=O) groups excluding carboxylic acids is 2. The molecule has 1 fully saturated rings. The van der Waals surface area contributed by atoms with Crippen LogP contribution in [0.15, 0.2) is 24.3 Å². The maximum atomic E-state index is 12.1. The number of rotatable bonds is 8. The van der Waals surface area contributed by atoms with Gasteiger partial charge in [-0.25, -0.2) is 4.79 Å². The Morgan fingerprint density at radius 1 is 1.26 bits per heavy atom. The number of hydrogen-bond donors (Lipinski definition) is 3. The first-order valence-electron chi connectivity index (χ1n) is 7.45. The van der Waals surface area contributed by atoms with Crippen molar-refractivity contribution in [2.24, 2.45) is 5.92 Å². The number of carbonyl (C=O) groups is 3. The maximum Gasteiger partial charge on any atom is 0.326 e. The van der Waals surface area contributed by atoms with Gasteiger partial charge in [-0.05, 0) is 37.1 Å². The van der Waals surface area contributed by atoms with E-state index in [-0.39, 0.29) is 24.9 Å². The lowest BCUT2D eigenvalue weighted by molar-refractivity contribution is -0.139. The van der Waals surface area contributed by atoms with E-state index in [0.29, 0.717) is 11.3 Å². The van der Waals surface area contributed by atoms with E-state index in [1.54, 1.807) is 24.3 Å². The number of benzene rings is 1. The molecule has 0 bridgehead atoms. The van der Waals surface area contributed by atoms with Crippen LogP contribution in [0.5, 0.6) is 0 Å². The van der Waals surface area contributed by atoms with Crippen molar-refractivity contribution < 1.29 is 24.2 Å². The Kier molecular flexibility index (Phi) is 5.70. The van der Waals surface area contributed by atoms with Gasteiger partial charge in [0.15, 0.2) is 0 Å². The molecule has 1 saturated carbocycles. The quantitative estimate of drug-likeness (QED) is 0.669. The monoisotopic (exact) mass is 320 g/mol. The Balaban J connectivity index is 1.93. The second-order valence-electron chi connectivity index (χ2n) is 5.49. The number of carboxylic acid groups (broad SMARTS) is 1. The van der Waals surface area contributed by atoms with E-state index in [2.05, 4.69) is 10.6 Å². The molecular formula is C16H20N2O5. The normalized spacial score (nSPS) is 14.8. The molecule has 0 aromatic heterocycles. The Bertz CT molecular complexity index is 581. The summed E-state index contributed by atoms with van der Waals surface area (Å²) in [5.74, 6) is -1.49. The van der Waals surface area contributed by atoms with Crippen LogP contribution >= 0.6 is 0 Å². The average molecular weight is 320 g/mol. The van der Waals surface area contributed by atoms with E-state index in [1.807, 2.05) is 0 Å². The molecule has 7 nitrogen and oxygen atoms in total. The Morgan fingerprint density at radius 3 is 2.43 bits per heavy atom. The molecule has 124 valence electrons. The van der Waals surface area contributed by atoms with E-state index in [1.165, 1.54) is 7.11 Å². The molecule has 1 unspecified atom stereocenters. The molecule has 1 aromatic rings. The van der Waals surface area contributed by atoms with Gasteiger partial charge in [0.05, 0.1) is 0 Å². The van der Waals surface area contributed by atoms with Crippen LogP contribution in [-0.4, -0.2) is 42.6 Å². The number of carboxylic acids is 1. The summed E-state index contributed by atoms with van der Waals surface area (Å²) in [7, 11) is 1.47.